The van der Waals surface area contributed by atoms with Gasteiger partial charge in [-0.05, 0) is 68.1 Å². The van der Waals surface area contributed by atoms with Gasteiger partial charge >= 0.3 is 0 Å². The van der Waals surface area contributed by atoms with Crippen molar-refractivity contribution in [1.29, 1.82) is 0 Å². The zero-order valence-corrected chi connectivity index (χ0v) is 20.7. The summed E-state index contributed by atoms with van der Waals surface area (Å²) in [5, 5.41) is 7.76. The average molecular weight is 502 g/mol. The number of sulfonamides is 2. The van der Waals surface area contributed by atoms with Crippen molar-refractivity contribution in [1.82, 2.24) is 4.72 Å². The Balaban J connectivity index is 1.91. The molecule has 0 aromatic heterocycles. The van der Waals surface area contributed by atoms with Crippen molar-refractivity contribution in [3.8, 4) is 0 Å². The number of benzene rings is 3. The summed E-state index contributed by atoms with van der Waals surface area (Å²) in [6.45, 7) is 5.32. The van der Waals surface area contributed by atoms with E-state index in [2.05, 4.69) is 10.0 Å². The lowest BCUT2D eigenvalue weighted by Gasteiger charge is -2.21. The van der Waals surface area contributed by atoms with Gasteiger partial charge in [0.15, 0.2) is 0 Å². The monoisotopic (exact) mass is 501 g/mol. The number of nitrogens with two attached hydrogens (primary N) is 1. The van der Waals surface area contributed by atoms with E-state index in [0.717, 1.165) is 11.1 Å². The van der Waals surface area contributed by atoms with Crippen LogP contribution < -0.4 is 15.2 Å². The number of primary sulfonamides is 1. The molecular weight excluding hydrogens is 474 g/mol. The minimum absolute atomic E-state index is 0.0997. The minimum Gasteiger partial charge on any atom is -0.325 e. The number of amides is 1. The van der Waals surface area contributed by atoms with E-state index in [1.165, 1.54) is 24.3 Å². The van der Waals surface area contributed by atoms with Gasteiger partial charge in [-0.15, -0.1) is 0 Å². The van der Waals surface area contributed by atoms with Crippen LogP contribution in [0.3, 0.4) is 0 Å². The quantitative estimate of drug-likeness (QED) is 0.436. The smallest absolute Gasteiger partial charge is 0.242 e. The van der Waals surface area contributed by atoms with Gasteiger partial charge in [-0.2, -0.15) is 4.72 Å². The molecule has 0 radical (unpaired) electrons. The van der Waals surface area contributed by atoms with Crippen molar-refractivity contribution >= 4 is 31.6 Å². The predicted molar refractivity (Wildman–Crippen MR) is 131 cm³/mol. The molecule has 0 aliphatic rings. The highest BCUT2D eigenvalue weighted by molar-refractivity contribution is 7.89. The maximum Gasteiger partial charge on any atom is 0.242 e. The minimum atomic E-state index is -4.03. The fourth-order valence-electron chi connectivity index (χ4n) is 3.83. The first-order valence-electron chi connectivity index (χ1n) is 10.4. The number of hydrogen-bond donors (Lipinski definition) is 3. The molecule has 0 saturated carbocycles. The first kappa shape index (κ1) is 25.6. The summed E-state index contributed by atoms with van der Waals surface area (Å²) in [5.41, 5.74) is 3.19. The Kier molecular flexibility index (Phi) is 7.57. The predicted octanol–water partition coefficient (Wildman–Crippen LogP) is 2.79. The molecule has 1 atom stereocenters. The van der Waals surface area contributed by atoms with E-state index >= 15 is 0 Å². The van der Waals surface area contributed by atoms with Crippen molar-refractivity contribution in [2.45, 2.75) is 43.0 Å². The molecule has 3 rings (SSSR count). The van der Waals surface area contributed by atoms with Crippen LogP contribution in [-0.2, 0) is 31.3 Å². The van der Waals surface area contributed by atoms with Gasteiger partial charge in [0.05, 0.1) is 9.79 Å². The van der Waals surface area contributed by atoms with Gasteiger partial charge in [0, 0.05) is 5.69 Å². The molecule has 0 aliphatic heterocycles. The average Bonchev–Trinajstić information content (AvgIpc) is 2.72. The van der Waals surface area contributed by atoms with Crippen LogP contribution in [0, 0.1) is 20.8 Å². The lowest BCUT2D eigenvalue weighted by atomic mass is 10.1. The van der Waals surface area contributed by atoms with E-state index in [4.69, 9.17) is 5.14 Å². The van der Waals surface area contributed by atoms with E-state index in [0.29, 0.717) is 16.8 Å². The second-order valence-corrected chi connectivity index (χ2v) is 11.4. The summed E-state index contributed by atoms with van der Waals surface area (Å²) < 4.78 is 52.1. The summed E-state index contributed by atoms with van der Waals surface area (Å²) in [7, 11) is -7.90. The van der Waals surface area contributed by atoms with Crippen LogP contribution in [0.15, 0.2) is 76.5 Å². The van der Waals surface area contributed by atoms with E-state index in [9.17, 15) is 21.6 Å². The van der Waals surface area contributed by atoms with E-state index in [-0.39, 0.29) is 16.2 Å². The number of carbonyl (C=O) groups is 1. The normalized spacial score (nSPS) is 12.8. The number of nitrogens with one attached hydrogen (secondary N) is 2. The Bertz CT molecular complexity index is 1380. The Morgan fingerprint density at radius 3 is 1.97 bits per heavy atom. The molecule has 0 saturated heterocycles. The number of aryl methyl sites for hydroxylation is 3. The van der Waals surface area contributed by atoms with Crippen LogP contribution >= 0.6 is 0 Å². The Hall–Kier alpha value is -3.05. The fraction of sp³-hybridized carbons (Fsp3) is 0.208. The topological polar surface area (TPSA) is 135 Å². The first-order chi connectivity index (χ1) is 15.9. The zero-order valence-electron chi connectivity index (χ0n) is 19.1. The highest BCUT2D eigenvalue weighted by atomic mass is 32.2. The van der Waals surface area contributed by atoms with Crippen molar-refractivity contribution in [3.05, 3.63) is 89.0 Å². The molecule has 1 amide bonds. The lowest BCUT2D eigenvalue weighted by molar-refractivity contribution is -0.117. The SMILES string of the molecule is Cc1cc(C)c(S(=O)(=O)NC(Cc2ccccc2)C(=O)Nc2ccc(S(N)(=O)=O)cc2)c(C)c1. The van der Waals surface area contributed by atoms with Gasteiger partial charge in [-0.25, -0.2) is 22.0 Å². The van der Waals surface area contributed by atoms with Crippen molar-refractivity contribution in [2.24, 2.45) is 5.14 Å². The third-order valence-corrected chi connectivity index (χ3v) is 7.93. The van der Waals surface area contributed by atoms with Crippen molar-refractivity contribution < 1.29 is 21.6 Å². The van der Waals surface area contributed by atoms with Crippen LogP contribution in [0.2, 0.25) is 0 Å². The van der Waals surface area contributed by atoms with Gasteiger partial charge in [-0.1, -0.05) is 48.0 Å². The molecule has 8 nitrogen and oxygen atoms in total. The Labute approximate surface area is 200 Å². The first-order valence-corrected chi connectivity index (χ1v) is 13.5. The van der Waals surface area contributed by atoms with Crippen molar-refractivity contribution in [3.63, 3.8) is 0 Å². The molecule has 0 spiro atoms. The van der Waals surface area contributed by atoms with Gasteiger partial charge in [0.25, 0.3) is 0 Å². The standard InChI is InChI=1S/C24H27N3O5S2/c1-16-13-17(2)23(18(3)14-16)34(31,32)27-22(15-19-7-5-4-6-8-19)24(28)26-20-9-11-21(12-10-20)33(25,29)30/h4-14,22,27H,15H2,1-3H3,(H,26,28)(H2,25,29,30). The molecule has 0 aliphatic carbocycles. The van der Waals surface area contributed by atoms with Gasteiger partial charge in [0.2, 0.25) is 26.0 Å². The van der Waals surface area contributed by atoms with Crippen LogP contribution in [0.1, 0.15) is 22.3 Å². The van der Waals surface area contributed by atoms with Gasteiger partial charge in [-0.3, -0.25) is 4.79 Å². The molecule has 0 heterocycles. The molecule has 180 valence electrons. The summed E-state index contributed by atoms with van der Waals surface area (Å²) in [6, 6.07) is 16.8. The Morgan fingerprint density at radius 2 is 1.44 bits per heavy atom. The van der Waals surface area contributed by atoms with E-state index in [1.807, 2.05) is 13.0 Å². The van der Waals surface area contributed by atoms with Crippen molar-refractivity contribution in [2.75, 3.05) is 5.32 Å². The summed E-state index contributed by atoms with van der Waals surface area (Å²) in [4.78, 5) is 13.2. The number of rotatable bonds is 8. The van der Waals surface area contributed by atoms with Gasteiger partial charge in [0.1, 0.15) is 6.04 Å². The van der Waals surface area contributed by atoms with Crippen LogP contribution in [-0.4, -0.2) is 28.8 Å². The van der Waals surface area contributed by atoms with E-state index in [1.54, 1.807) is 50.2 Å². The van der Waals surface area contributed by atoms with Crippen LogP contribution in [0.25, 0.3) is 0 Å². The molecule has 3 aromatic rings. The molecule has 34 heavy (non-hydrogen) atoms. The molecule has 0 fully saturated rings. The number of anilines is 1. The molecule has 3 aromatic carbocycles. The van der Waals surface area contributed by atoms with E-state index < -0.39 is 32.0 Å². The van der Waals surface area contributed by atoms with Gasteiger partial charge < -0.3 is 5.32 Å². The molecule has 10 heteroatoms. The maximum atomic E-state index is 13.3. The molecule has 1 unspecified atom stereocenters. The number of hydrogen-bond acceptors (Lipinski definition) is 5. The summed E-state index contributed by atoms with van der Waals surface area (Å²) >= 11 is 0. The van der Waals surface area contributed by atoms with Crippen LogP contribution in [0.4, 0.5) is 5.69 Å². The zero-order chi connectivity index (χ0) is 25.1. The largest absolute Gasteiger partial charge is 0.325 e. The third-order valence-electron chi connectivity index (χ3n) is 5.22. The highest BCUT2D eigenvalue weighted by Gasteiger charge is 2.28. The van der Waals surface area contributed by atoms with Crippen LogP contribution in [0.5, 0.6) is 0 Å². The highest BCUT2D eigenvalue weighted by Crippen LogP contribution is 2.23. The fourth-order valence-corrected chi connectivity index (χ4v) is 6.00. The molecule has 0 bridgehead atoms. The maximum absolute atomic E-state index is 13.3. The Morgan fingerprint density at radius 1 is 0.882 bits per heavy atom. The second-order valence-electron chi connectivity index (χ2n) is 8.15. The second kappa shape index (κ2) is 10.1. The number of carbonyl (C=O) groups excluding carboxylic acids is 1. The molecular formula is C24H27N3O5S2. The third kappa shape index (κ3) is 6.29. The lowest BCUT2D eigenvalue weighted by Crippen LogP contribution is -2.45. The summed E-state index contributed by atoms with van der Waals surface area (Å²) in [5.74, 6) is -0.585. The molecule has 4 N–H and O–H groups in total. The summed E-state index contributed by atoms with van der Waals surface area (Å²) in [6.07, 6.45) is 0.116.